The Morgan fingerprint density at radius 1 is 1.38 bits per heavy atom. The van der Waals surface area contributed by atoms with Gasteiger partial charge in [-0.05, 0) is 52.2 Å². The summed E-state index contributed by atoms with van der Waals surface area (Å²) in [6.07, 6.45) is 6.85. The number of primary amides is 1. The van der Waals surface area contributed by atoms with Crippen LogP contribution in [0.5, 0.6) is 0 Å². The van der Waals surface area contributed by atoms with Gasteiger partial charge in [-0.3, -0.25) is 4.79 Å². The highest BCUT2D eigenvalue weighted by Crippen LogP contribution is 2.33. The molecular weight excluding hydrogens is 202 g/mol. The first-order chi connectivity index (χ1) is 7.68. The third kappa shape index (κ3) is 2.09. The molecule has 1 heterocycles. The smallest absolute Gasteiger partial charge is 0.237 e. The fraction of sp³-hybridized carbons (Fsp3) is 0.917. The van der Waals surface area contributed by atoms with Crippen LogP contribution in [0.4, 0.5) is 0 Å². The van der Waals surface area contributed by atoms with Crippen molar-refractivity contribution in [1.82, 2.24) is 10.2 Å². The van der Waals surface area contributed by atoms with Crippen LogP contribution >= 0.6 is 0 Å². The fourth-order valence-electron chi connectivity index (χ4n) is 3.19. The maximum absolute atomic E-state index is 11.5. The van der Waals surface area contributed by atoms with Gasteiger partial charge in [0.05, 0.1) is 5.54 Å². The zero-order chi connectivity index (χ0) is 11.6. The van der Waals surface area contributed by atoms with Gasteiger partial charge in [-0.2, -0.15) is 0 Å². The summed E-state index contributed by atoms with van der Waals surface area (Å²) in [5.41, 5.74) is 5.07. The average Bonchev–Trinajstić information content (AvgIpc) is 2.76. The largest absolute Gasteiger partial charge is 0.368 e. The Balaban J connectivity index is 1.98. The standard InChI is InChI=1S/C12H23N3O/c1-14-12(11(13)16)6-5-10(9-12)15-7-3-2-4-8-15/h10,14H,2-9H2,1H3,(H2,13,16). The molecule has 3 N–H and O–H groups in total. The number of amides is 1. The summed E-state index contributed by atoms with van der Waals surface area (Å²) < 4.78 is 0. The molecule has 1 aliphatic heterocycles. The maximum Gasteiger partial charge on any atom is 0.237 e. The van der Waals surface area contributed by atoms with E-state index in [1.165, 1.54) is 32.4 Å². The molecule has 0 aromatic carbocycles. The molecule has 1 amide bonds. The third-order valence-corrected chi connectivity index (χ3v) is 4.35. The molecular formula is C12H23N3O. The SMILES string of the molecule is CNC1(C(N)=O)CCC(N2CCCCC2)C1. The molecule has 0 spiro atoms. The number of nitrogens with two attached hydrogens (primary N) is 1. The Morgan fingerprint density at radius 2 is 2.06 bits per heavy atom. The van der Waals surface area contributed by atoms with Crippen LogP contribution in [0.1, 0.15) is 38.5 Å². The quantitative estimate of drug-likeness (QED) is 0.734. The first-order valence-corrected chi connectivity index (χ1v) is 6.41. The molecule has 0 aromatic rings. The van der Waals surface area contributed by atoms with Crippen LogP contribution in [0.15, 0.2) is 0 Å². The van der Waals surface area contributed by atoms with Crippen molar-refractivity contribution in [2.45, 2.75) is 50.1 Å². The topological polar surface area (TPSA) is 58.4 Å². The number of nitrogens with zero attached hydrogens (tertiary/aromatic N) is 1. The van der Waals surface area contributed by atoms with E-state index >= 15 is 0 Å². The molecule has 4 nitrogen and oxygen atoms in total. The predicted molar refractivity (Wildman–Crippen MR) is 64.0 cm³/mol. The van der Waals surface area contributed by atoms with Gasteiger partial charge in [0.25, 0.3) is 0 Å². The molecule has 2 atom stereocenters. The number of hydrogen-bond donors (Lipinski definition) is 2. The Kier molecular flexibility index (Phi) is 3.50. The van der Waals surface area contributed by atoms with E-state index in [2.05, 4.69) is 10.2 Å². The minimum Gasteiger partial charge on any atom is -0.368 e. The fourth-order valence-corrected chi connectivity index (χ4v) is 3.19. The van der Waals surface area contributed by atoms with E-state index in [4.69, 9.17) is 5.73 Å². The molecule has 4 heteroatoms. The zero-order valence-electron chi connectivity index (χ0n) is 10.2. The van der Waals surface area contributed by atoms with E-state index in [9.17, 15) is 4.79 Å². The van der Waals surface area contributed by atoms with Gasteiger partial charge >= 0.3 is 0 Å². The molecule has 1 saturated heterocycles. The summed E-state index contributed by atoms with van der Waals surface area (Å²) in [6, 6.07) is 0.556. The van der Waals surface area contributed by atoms with Crippen LogP contribution in [-0.2, 0) is 4.79 Å². The van der Waals surface area contributed by atoms with Gasteiger partial charge in [0, 0.05) is 6.04 Å². The summed E-state index contributed by atoms with van der Waals surface area (Å²) in [7, 11) is 1.85. The van der Waals surface area contributed by atoms with Crippen LogP contribution in [0.3, 0.4) is 0 Å². The lowest BCUT2D eigenvalue weighted by molar-refractivity contribution is -0.124. The Labute approximate surface area is 97.6 Å². The van der Waals surface area contributed by atoms with E-state index in [0.717, 1.165) is 19.3 Å². The monoisotopic (exact) mass is 225 g/mol. The minimum atomic E-state index is -0.442. The van der Waals surface area contributed by atoms with Crippen LogP contribution in [0.25, 0.3) is 0 Å². The highest BCUT2D eigenvalue weighted by Gasteiger charge is 2.44. The lowest BCUT2D eigenvalue weighted by Gasteiger charge is -2.33. The van der Waals surface area contributed by atoms with Gasteiger partial charge in [-0.1, -0.05) is 6.42 Å². The summed E-state index contributed by atoms with van der Waals surface area (Å²) in [4.78, 5) is 14.1. The number of carbonyl (C=O) groups excluding carboxylic acids is 1. The molecule has 2 fully saturated rings. The maximum atomic E-state index is 11.5. The number of rotatable bonds is 3. The number of hydrogen-bond acceptors (Lipinski definition) is 3. The van der Waals surface area contributed by atoms with Gasteiger partial charge in [-0.25, -0.2) is 0 Å². The average molecular weight is 225 g/mol. The summed E-state index contributed by atoms with van der Waals surface area (Å²) in [6.45, 7) is 2.40. The van der Waals surface area contributed by atoms with Gasteiger partial charge in [0.2, 0.25) is 5.91 Å². The molecule has 92 valence electrons. The summed E-state index contributed by atoms with van der Waals surface area (Å²) >= 11 is 0. The number of piperidine rings is 1. The molecule has 2 aliphatic rings. The molecule has 2 rings (SSSR count). The van der Waals surface area contributed by atoms with Gasteiger partial charge in [-0.15, -0.1) is 0 Å². The van der Waals surface area contributed by atoms with Crippen LogP contribution < -0.4 is 11.1 Å². The van der Waals surface area contributed by atoms with E-state index in [1.54, 1.807) is 0 Å². The van der Waals surface area contributed by atoms with Gasteiger partial charge < -0.3 is 16.0 Å². The highest BCUT2D eigenvalue weighted by molar-refractivity contribution is 5.85. The number of nitrogens with one attached hydrogen (secondary N) is 1. The second-order valence-electron chi connectivity index (χ2n) is 5.19. The molecule has 16 heavy (non-hydrogen) atoms. The number of carbonyl (C=O) groups is 1. The zero-order valence-corrected chi connectivity index (χ0v) is 10.2. The van der Waals surface area contributed by atoms with Crippen molar-refractivity contribution in [3.63, 3.8) is 0 Å². The van der Waals surface area contributed by atoms with E-state index < -0.39 is 5.54 Å². The second-order valence-corrected chi connectivity index (χ2v) is 5.19. The van der Waals surface area contributed by atoms with Crippen molar-refractivity contribution in [3.05, 3.63) is 0 Å². The summed E-state index contributed by atoms with van der Waals surface area (Å²) in [5.74, 6) is -0.186. The first kappa shape index (κ1) is 11.9. The predicted octanol–water partition coefficient (Wildman–Crippen LogP) is 0.468. The minimum absolute atomic E-state index is 0.186. The van der Waals surface area contributed by atoms with E-state index in [-0.39, 0.29) is 5.91 Å². The van der Waals surface area contributed by atoms with Gasteiger partial charge in [0.1, 0.15) is 0 Å². The number of likely N-dealkylation sites (N-methyl/N-ethyl adjacent to an activating group) is 1. The third-order valence-electron chi connectivity index (χ3n) is 4.35. The lowest BCUT2D eigenvalue weighted by Crippen LogP contribution is -2.53. The normalized spacial score (nSPS) is 36.4. The highest BCUT2D eigenvalue weighted by atomic mass is 16.1. The van der Waals surface area contributed by atoms with Crippen molar-refractivity contribution >= 4 is 5.91 Å². The van der Waals surface area contributed by atoms with Crippen molar-refractivity contribution in [1.29, 1.82) is 0 Å². The van der Waals surface area contributed by atoms with Crippen LogP contribution in [0, 0.1) is 0 Å². The Bertz CT molecular complexity index is 263. The molecule has 2 unspecified atom stereocenters. The van der Waals surface area contributed by atoms with Crippen LogP contribution in [0.2, 0.25) is 0 Å². The van der Waals surface area contributed by atoms with Crippen molar-refractivity contribution in [2.24, 2.45) is 5.73 Å². The molecule has 0 bridgehead atoms. The molecule has 0 radical (unpaired) electrons. The molecule has 1 aliphatic carbocycles. The second kappa shape index (κ2) is 4.72. The van der Waals surface area contributed by atoms with Crippen LogP contribution in [-0.4, -0.2) is 42.5 Å². The first-order valence-electron chi connectivity index (χ1n) is 6.41. The van der Waals surface area contributed by atoms with Crippen molar-refractivity contribution < 1.29 is 4.79 Å². The lowest BCUT2D eigenvalue weighted by atomic mass is 9.96. The summed E-state index contributed by atoms with van der Waals surface area (Å²) in [5, 5.41) is 3.14. The van der Waals surface area contributed by atoms with Crippen molar-refractivity contribution in [3.8, 4) is 0 Å². The molecule has 0 aromatic heterocycles. The Morgan fingerprint density at radius 3 is 2.56 bits per heavy atom. The van der Waals surface area contributed by atoms with Crippen molar-refractivity contribution in [2.75, 3.05) is 20.1 Å². The van der Waals surface area contributed by atoms with E-state index in [1.807, 2.05) is 7.05 Å². The Hall–Kier alpha value is -0.610. The molecule has 1 saturated carbocycles. The van der Waals surface area contributed by atoms with Gasteiger partial charge in [0.15, 0.2) is 0 Å². The van der Waals surface area contributed by atoms with E-state index in [0.29, 0.717) is 6.04 Å². The number of likely N-dealkylation sites (tertiary alicyclic amines) is 1.